The third-order valence-electron chi connectivity index (χ3n) is 14.3. The molecule has 4 amide bonds. The Morgan fingerprint density at radius 2 is 1.49 bits per heavy atom. The number of guanidine groups is 1. The van der Waals surface area contributed by atoms with E-state index in [-0.39, 0.29) is 51.5 Å². The van der Waals surface area contributed by atoms with E-state index in [4.69, 9.17) is 30.4 Å². The highest BCUT2D eigenvalue weighted by molar-refractivity contribution is 5.94. The Morgan fingerprint density at radius 3 is 2.05 bits per heavy atom. The topological polar surface area (TPSA) is 426 Å². The summed E-state index contributed by atoms with van der Waals surface area (Å²) in [6.45, 7) is 8.41. The minimum Gasteiger partial charge on any atom is -0.480 e. The number of ether oxygens (including phenoxy) is 4. The van der Waals surface area contributed by atoms with Gasteiger partial charge in [0.1, 0.15) is 66.9 Å². The van der Waals surface area contributed by atoms with Crippen LogP contribution in [0.3, 0.4) is 0 Å². The SMILES string of the molecule is CCCCCCCCCCCCN(CCCNC(=O)[C@@H](NC(=O)[C@@H](NC(=O)N[C@H](C(=O)O)C(C)C)[C@@H]1CCN=C(N)N1)[C@@H](O)C(C)C)[C@H](C(=O)O)C(O[C@@H]1O[C@H](CN)[C@@H](O)[C@H]1OC)[C@H]1O[C@@H](n2ccc(=O)[nH]c2=O)[C@H](O)[C@@H]1O. The average molecular weight is 1110 g/mol. The van der Waals surface area contributed by atoms with Gasteiger partial charge < -0.3 is 87.6 Å². The highest BCUT2D eigenvalue weighted by Crippen LogP contribution is 2.36. The van der Waals surface area contributed by atoms with Gasteiger partial charge in [-0.2, -0.15) is 0 Å². The molecule has 0 radical (unpaired) electrons. The number of carboxylic acid groups (broad SMARTS) is 2. The summed E-state index contributed by atoms with van der Waals surface area (Å²) in [5, 5.41) is 79.4. The van der Waals surface area contributed by atoms with E-state index in [1.54, 1.807) is 32.6 Å². The lowest BCUT2D eigenvalue weighted by atomic mass is 9.96. The van der Waals surface area contributed by atoms with Crippen LogP contribution < -0.4 is 49.3 Å². The number of unbranched alkanes of at least 4 members (excludes halogenated alkanes) is 9. The van der Waals surface area contributed by atoms with Crippen molar-refractivity contribution in [1.82, 2.24) is 41.0 Å². The molecule has 2 saturated heterocycles. The van der Waals surface area contributed by atoms with Gasteiger partial charge in [0.25, 0.3) is 5.56 Å². The number of nitrogens with one attached hydrogen (secondary N) is 6. The number of aromatic amines is 1. The normalized spacial score (nSPS) is 25.6. The Kier molecular flexibility index (Phi) is 26.8. The molecular weight excluding hydrogens is 1030 g/mol. The monoisotopic (exact) mass is 1110 g/mol. The van der Waals surface area contributed by atoms with E-state index in [1.165, 1.54) is 20.0 Å². The summed E-state index contributed by atoms with van der Waals surface area (Å²) in [5.74, 6) is -5.71. The molecule has 0 aromatic carbocycles. The summed E-state index contributed by atoms with van der Waals surface area (Å²) in [6, 6.07) is -7.02. The van der Waals surface area contributed by atoms with Crippen molar-refractivity contribution >= 4 is 35.7 Å². The van der Waals surface area contributed by atoms with E-state index in [9.17, 15) is 64.2 Å². The van der Waals surface area contributed by atoms with E-state index < -0.39 is 144 Å². The van der Waals surface area contributed by atoms with Gasteiger partial charge in [-0.1, -0.05) is 92.4 Å². The van der Waals surface area contributed by atoms with Crippen LogP contribution in [0.2, 0.25) is 0 Å². The van der Waals surface area contributed by atoms with Crippen molar-refractivity contribution in [1.29, 1.82) is 0 Å². The Labute approximate surface area is 453 Å². The van der Waals surface area contributed by atoms with Crippen LogP contribution in [0.15, 0.2) is 26.8 Å². The molecule has 78 heavy (non-hydrogen) atoms. The highest BCUT2D eigenvalue weighted by atomic mass is 16.7. The maximum Gasteiger partial charge on any atom is 0.330 e. The fourth-order valence-corrected chi connectivity index (χ4v) is 9.86. The minimum absolute atomic E-state index is 0.0277. The number of aromatic nitrogens is 2. The number of H-pyrrole nitrogens is 1. The van der Waals surface area contributed by atoms with Gasteiger partial charge in [-0.15, -0.1) is 0 Å². The molecule has 15 atom stereocenters. The average Bonchev–Trinajstić information content (AvgIpc) is 3.88. The van der Waals surface area contributed by atoms with Crippen LogP contribution in [-0.4, -0.2) is 206 Å². The highest BCUT2D eigenvalue weighted by Gasteiger charge is 2.55. The predicted octanol–water partition coefficient (Wildman–Crippen LogP) is -2.26. The van der Waals surface area contributed by atoms with Crippen molar-refractivity contribution in [2.45, 2.75) is 203 Å². The molecule has 1 aromatic rings. The standard InChI is InChI=1S/C50H87N11O17/c1-7-8-9-10-11-12-13-14-15-16-22-60(34(46(71)72)39(78-47-41(75-6)36(64)29(25-51)76-47)40-37(65)38(66)44(77-40)61-24-19-30(62)56-50(61)74)23-17-20-53-42(67)33(35(63)27(4)5)57-43(68)32(28-18-21-54-48(52)55-28)59-49(73)58-31(26(2)3)45(69)70/h19,24,26-29,31-41,44,47,63-66H,7-18,20-23,25,51H2,1-6H3,(H,53,67)(H,57,68)(H,69,70)(H,71,72)(H3,52,54,55)(H,56,62,74)(H2,58,59,73)/t28-,29+,31-,32-,33-,34-,35-,36+,37-,38+,39?,40-,41+,44+,47-/m0/s1. The largest absolute Gasteiger partial charge is 0.480 e. The van der Waals surface area contributed by atoms with Gasteiger partial charge in [0.2, 0.25) is 11.8 Å². The fraction of sp³-hybridized carbons (Fsp3) is 0.800. The zero-order valence-corrected chi connectivity index (χ0v) is 45.7. The molecule has 4 heterocycles. The lowest BCUT2D eigenvalue weighted by Crippen LogP contribution is -2.66. The number of nitrogens with zero attached hydrogens (tertiary/aromatic N) is 3. The summed E-state index contributed by atoms with van der Waals surface area (Å²) < 4.78 is 24.8. The van der Waals surface area contributed by atoms with Crippen molar-refractivity contribution in [2.24, 2.45) is 28.3 Å². The molecule has 0 bridgehead atoms. The molecule has 0 saturated carbocycles. The first-order valence-corrected chi connectivity index (χ1v) is 27.2. The summed E-state index contributed by atoms with van der Waals surface area (Å²) in [5.41, 5.74) is 10.1. The number of urea groups is 1. The van der Waals surface area contributed by atoms with Crippen LogP contribution in [0.25, 0.3) is 0 Å². The first kappa shape index (κ1) is 65.2. The molecule has 28 nitrogen and oxygen atoms in total. The van der Waals surface area contributed by atoms with E-state index >= 15 is 0 Å². The van der Waals surface area contributed by atoms with E-state index in [0.717, 1.165) is 55.4 Å². The van der Waals surface area contributed by atoms with Gasteiger partial charge >= 0.3 is 23.7 Å². The molecular formula is C50H87N11O17. The number of aliphatic hydroxyl groups is 4. The van der Waals surface area contributed by atoms with E-state index in [2.05, 4.69) is 43.5 Å². The summed E-state index contributed by atoms with van der Waals surface area (Å²) in [4.78, 5) is 99.8. The third kappa shape index (κ3) is 18.4. The van der Waals surface area contributed by atoms with Gasteiger partial charge in [-0.05, 0) is 37.6 Å². The Hall–Kier alpha value is -5.30. The first-order valence-electron chi connectivity index (χ1n) is 27.2. The molecule has 16 N–H and O–H groups in total. The van der Waals surface area contributed by atoms with Crippen molar-refractivity contribution in [3.63, 3.8) is 0 Å². The van der Waals surface area contributed by atoms with Gasteiger partial charge in [0, 0.05) is 45.6 Å². The quantitative estimate of drug-likeness (QED) is 0.0324. The number of aliphatic imine (C=N–C) groups is 1. The second-order valence-corrected chi connectivity index (χ2v) is 20.9. The molecule has 3 aliphatic rings. The second-order valence-electron chi connectivity index (χ2n) is 20.9. The van der Waals surface area contributed by atoms with Crippen LogP contribution in [0.1, 0.15) is 118 Å². The van der Waals surface area contributed by atoms with Crippen LogP contribution in [0.5, 0.6) is 0 Å². The zero-order chi connectivity index (χ0) is 57.8. The van der Waals surface area contributed by atoms with E-state index in [0.29, 0.717) is 12.8 Å². The number of carbonyl (C=O) groups is 5. The van der Waals surface area contributed by atoms with Crippen molar-refractivity contribution < 1.29 is 73.6 Å². The number of rotatable bonds is 34. The minimum atomic E-state index is -1.92. The Bertz CT molecular complexity index is 2220. The van der Waals surface area contributed by atoms with Gasteiger partial charge in [-0.3, -0.25) is 38.6 Å². The molecule has 0 aliphatic carbocycles. The number of carbonyl (C=O) groups excluding carboxylic acids is 3. The Morgan fingerprint density at radius 1 is 0.846 bits per heavy atom. The van der Waals surface area contributed by atoms with Crippen molar-refractivity contribution in [2.75, 3.05) is 39.8 Å². The number of aliphatic hydroxyl groups excluding tert-OH is 4. The van der Waals surface area contributed by atoms with Crippen LogP contribution >= 0.6 is 0 Å². The maximum absolute atomic E-state index is 14.2. The molecule has 2 fully saturated rings. The smallest absolute Gasteiger partial charge is 0.330 e. The summed E-state index contributed by atoms with van der Waals surface area (Å²) >= 11 is 0. The molecule has 28 heteroatoms. The van der Waals surface area contributed by atoms with Crippen LogP contribution in [0, 0.1) is 11.8 Å². The molecule has 4 rings (SSSR count). The number of hydrogen-bond acceptors (Lipinski definition) is 20. The number of amides is 4. The zero-order valence-electron chi connectivity index (χ0n) is 45.7. The maximum atomic E-state index is 14.2. The van der Waals surface area contributed by atoms with Crippen LogP contribution in [-0.2, 0) is 38.1 Å². The van der Waals surface area contributed by atoms with Gasteiger partial charge in [0.05, 0.1) is 12.1 Å². The summed E-state index contributed by atoms with van der Waals surface area (Å²) in [7, 11) is 1.27. The fourth-order valence-electron chi connectivity index (χ4n) is 9.86. The number of carboxylic acids is 2. The lowest BCUT2D eigenvalue weighted by molar-refractivity contribution is -0.238. The molecule has 1 aromatic heterocycles. The lowest BCUT2D eigenvalue weighted by Gasteiger charge is -2.39. The molecule has 444 valence electrons. The van der Waals surface area contributed by atoms with E-state index in [1.807, 2.05) is 0 Å². The van der Waals surface area contributed by atoms with Crippen LogP contribution in [0.4, 0.5) is 4.79 Å². The van der Waals surface area contributed by atoms with Crippen molar-refractivity contribution in [3.8, 4) is 0 Å². The number of hydrogen-bond donors (Lipinski definition) is 14. The third-order valence-corrected chi connectivity index (χ3v) is 14.3. The molecule has 0 spiro atoms. The summed E-state index contributed by atoms with van der Waals surface area (Å²) in [6.07, 6.45) is -4.51. The molecule has 1 unspecified atom stereocenters. The van der Waals surface area contributed by atoms with Crippen molar-refractivity contribution in [3.05, 3.63) is 33.1 Å². The molecule has 3 aliphatic heterocycles. The van der Waals surface area contributed by atoms with Gasteiger partial charge in [0.15, 0.2) is 18.5 Å². The predicted molar refractivity (Wildman–Crippen MR) is 282 cm³/mol. The number of nitrogens with two attached hydrogens (primary N) is 2. The second kappa shape index (κ2) is 32.1. The Balaban J connectivity index is 1.63. The first-order chi connectivity index (χ1) is 37.1. The number of methoxy groups -OCH3 is 1. The number of aliphatic carboxylic acids is 2. The van der Waals surface area contributed by atoms with Gasteiger partial charge in [-0.25, -0.2) is 14.4 Å².